The van der Waals surface area contributed by atoms with Crippen molar-refractivity contribution in [3.8, 4) is 11.4 Å². The van der Waals surface area contributed by atoms with Gasteiger partial charge in [0.15, 0.2) is 0 Å². The molecular formula is C11H8BrFN2S. The lowest BCUT2D eigenvalue weighted by molar-refractivity contribution is 0.627. The van der Waals surface area contributed by atoms with Crippen LogP contribution in [0.1, 0.15) is 5.69 Å². The highest BCUT2D eigenvalue weighted by Crippen LogP contribution is 2.21. The van der Waals surface area contributed by atoms with E-state index in [1.807, 2.05) is 6.92 Å². The minimum Gasteiger partial charge on any atom is -0.343 e. The van der Waals surface area contributed by atoms with Crippen molar-refractivity contribution in [2.45, 2.75) is 6.92 Å². The zero-order valence-corrected chi connectivity index (χ0v) is 10.8. The van der Waals surface area contributed by atoms with Gasteiger partial charge in [-0.2, -0.15) is 0 Å². The number of rotatable bonds is 1. The smallest absolute Gasteiger partial charge is 0.139 e. The van der Waals surface area contributed by atoms with Gasteiger partial charge in [0.1, 0.15) is 16.3 Å². The first-order chi connectivity index (χ1) is 7.54. The molecule has 0 aliphatic carbocycles. The molecular weight excluding hydrogens is 291 g/mol. The summed E-state index contributed by atoms with van der Waals surface area (Å²) in [5.74, 6) is 0.261. The van der Waals surface area contributed by atoms with E-state index in [2.05, 4.69) is 25.9 Å². The number of hydrogen-bond donors (Lipinski definition) is 1. The average Bonchev–Trinajstić information content (AvgIpc) is 2.14. The Balaban J connectivity index is 2.62. The molecule has 2 rings (SSSR count). The van der Waals surface area contributed by atoms with Gasteiger partial charge < -0.3 is 4.98 Å². The number of benzene rings is 1. The van der Waals surface area contributed by atoms with Crippen molar-refractivity contribution < 1.29 is 4.39 Å². The number of aromatic amines is 1. The number of H-pyrrole nitrogens is 1. The van der Waals surface area contributed by atoms with Gasteiger partial charge in [0.25, 0.3) is 0 Å². The van der Waals surface area contributed by atoms with E-state index in [-0.39, 0.29) is 5.82 Å². The quantitative estimate of drug-likeness (QED) is 0.806. The van der Waals surface area contributed by atoms with Gasteiger partial charge >= 0.3 is 0 Å². The summed E-state index contributed by atoms with van der Waals surface area (Å²) in [7, 11) is 0. The van der Waals surface area contributed by atoms with E-state index in [9.17, 15) is 4.39 Å². The van der Waals surface area contributed by atoms with Crippen LogP contribution in [0.5, 0.6) is 0 Å². The molecule has 2 aromatic rings. The molecule has 1 heterocycles. The molecule has 1 aromatic carbocycles. The molecule has 0 amide bonds. The topological polar surface area (TPSA) is 28.7 Å². The summed E-state index contributed by atoms with van der Waals surface area (Å²) in [6, 6.07) is 6.36. The second-order valence-corrected chi connectivity index (χ2v) is 4.74. The standard InChI is InChI=1S/C11H8BrFN2S/c1-6-2-10(16)15-11(14-6)7-3-8(12)5-9(13)4-7/h2-5H,1H3,(H,14,15,16). The van der Waals surface area contributed by atoms with Crippen molar-refractivity contribution in [3.05, 3.63) is 44.9 Å². The molecule has 0 bridgehead atoms. The Labute approximate surface area is 106 Å². The molecule has 1 N–H and O–H groups in total. The van der Waals surface area contributed by atoms with Crippen LogP contribution in [0.2, 0.25) is 0 Å². The fraction of sp³-hybridized carbons (Fsp3) is 0.0909. The molecule has 0 aliphatic heterocycles. The first-order valence-corrected chi connectivity index (χ1v) is 5.79. The van der Waals surface area contributed by atoms with Crippen LogP contribution in [0.25, 0.3) is 11.4 Å². The molecule has 16 heavy (non-hydrogen) atoms. The lowest BCUT2D eigenvalue weighted by Gasteiger charge is -2.03. The Kier molecular flexibility index (Phi) is 3.16. The van der Waals surface area contributed by atoms with Crippen molar-refractivity contribution in [1.29, 1.82) is 0 Å². The van der Waals surface area contributed by atoms with Gasteiger partial charge in [-0.15, -0.1) is 0 Å². The van der Waals surface area contributed by atoms with E-state index in [1.54, 1.807) is 12.1 Å². The molecule has 0 atom stereocenters. The Morgan fingerprint density at radius 3 is 2.69 bits per heavy atom. The minimum atomic E-state index is -0.313. The summed E-state index contributed by atoms with van der Waals surface area (Å²) in [6.45, 7) is 1.88. The second kappa shape index (κ2) is 4.43. The molecule has 0 radical (unpaired) electrons. The van der Waals surface area contributed by atoms with Crippen molar-refractivity contribution >= 4 is 28.1 Å². The van der Waals surface area contributed by atoms with Crippen LogP contribution in [-0.4, -0.2) is 9.97 Å². The number of hydrogen-bond acceptors (Lipinski definition) is 2. The maximum atomic E-state index is 13.2. The number of halogens is 2. The number of nitrogens with one attached hydrogen (secondary N) is 1. The van der Waals surface area contributed by atoms with Crippen LogP contribution in [0.3, 0.4) is 0 Å². The molecule has 0 saturated carbocycles. The van der Waals surface area contributed by atoms with Crippen LogP contribution in [0.4, 0.5) is 4.39 Å². The predicted octanol–water partition coefficient (Wildman–Crippen LogP) is 4.02. The van der Waals surface area contributed by atoms with Crippen molar-refractivity contribution in [2.75, 3.05) is 0 Å². The van der Waals surface area contributed by atoms with Crippen LogP contribution >= 0.6 is 28.1 Å². The summed E-state index contributed by atoms with van der Waals surface area (Å²) in [6.07, 6.45) is 0. The van der Waals surface area contributed by atoms with Crippen molar-refractivity contribution in [1.82, 2.24) is 9.97 Å². The van der Waals surface area contributed by atoms with Crippen molar-refractivity contribution in [3.63, 3.8) is 0 Å². The highest BCUT2D eigenvalue weighted by molar-refractivity contribution is 9.10. The zero-order chi connectivity index (χ0) is 11.7. The molecule has 5 heteroatoms. The van der Waals surface area contributed by atoms with Gasteiger partial charge in [-0.3, -0.25) is 0 Å². The molecule has 0 fully saturated rings. The molecule has 82 valence electrons. The van der Waals surface area contributed by atoms with Gasteiger partial charge in [0.2, 0.25) is 0 Å². The van der Waals surface area contributed by atoms with E-state index in [4.69, 9.17) is 12.2 Å². The summed E-state index contributed by atoms with van der Waals surface area (Å²) in [5.41, 5.74) is 1.57. The van der Waals surface area contributed by atoms with Gasteiger partial charge in [0.05, 0.1) is 0 Å². The first kappa shape index (κ1) is 11.4. The normalized spacial score (nSPS) is 10.4. The second-order valence-electron chi connectivity index (χ2n) is 3.41. The fourth-order valence-corrected chi connectivity index (χ4v) is 2.14. The Bertz CT molecular complexity index is 575. The third-order valence-corrected chi connectivity index (χ3v) is 2.68. The lowest BCUT2D eigenvalue weighted by Crippen LogP contribution is -1.92. The molecule has 0 unspecified atom stereocenters. The van der Waals surface area contributed by atoms with E-state index in [0.29, 0.717) is 20.5 Å². The fourth-order valence-electron chi connectivity index (χ4n) is 1.41. The molecule has 0 spiro atoms. The minimum absolute atomic E-state index is 0.313. The highest BCUT2D eigenvalue weighted by atomic mass is 79.9. The summed E-state index contributed by atoms with van der Waals surface area (Å²) < 4.78 is 14.4. The van der Waals surface area contributed by atoms with Crippen LogP contribution < -0.4 is 0 Å². The third-order valence-electron chi connectivity index (χ3n) is 2.01. The maximum absolute atomic E-state index is 13.2. The largest absolute Gasteiger partial charge is 0.343 e. The third kappa shape index (κ3) is 2.54. The molecule has 0 saturated heterocycles. The summed E-state index contributed by atoms with van der Waals surface area (Å²) in [4.78, 5) is 7.21. The molecule has 0 aliphatic rings. The van der Waals surface area contributed by atoms with E-state index < -0.39 is 0 Å². The van der Waals surface area contributed by atoms with Gasteiger partial charge in [0, 0.05) is 15.7 Å². The lowest BCUT2D eigenvalue weighted by atomic mass is 10.2. The van der Waals surface area contributed by atoms with E-state index >= 15 is 0 Å². The Hall–Kier alpha value is -1.07. The SMILES string of the molecule is Cc1cc(=S)nc(-c2cc(F)cc(Br)c2)[nH]1. The number of aromatic nitrogens is 2. The molecule has 1 aromatic heterocycles. The predicted molar refractivity (Wildman–Crippen MR) is 67.3 cm³/mol. The van der Waals surface area contributed by atoms with Gasteiger partial charge in [-0.05, 0) is 31.2 Å². The Morgan fingerprint density at radius 1 is 1.31 bits per heavy atom. The van der Waals surface area contributed by atoms with Crippen LogP contribution in [-0.2, 0) is 0 Å². The van der Waals surface area contributed by atoms with Gasteiger partial charge in [-0.25, -0.2) is 9.37 Å². The van der Waals surface area contributed by atoms with Gasteiger partial charge in [-0.1, -0.05) is 28.1 Å². The number of aryl methyl sites for hydroxylation is 1. The highest BCUT2D eigenvalue weighted by Gasteiger charge is 2.04. The summed E-state index contributed by atoms with van der Waals surface area (Å²) in [5, 5.41) is 0. The monoisotopic (exact) mass is 298 g/mol. The maximum Gasteiger partial charge on any atom is 0.139 e. The van der Waals surface area contributed by atoms with Crippen molar-refractivity contribution in [2.24, 2.45) is 0 Å². The number of nitrogens with zero attached hydrogens (tertiary/aromatic N) is 1. The zero-order valence-electron chi connectivity index (χ0n) is 8.42. The molecule has 2 nitrogen and oxygen atoms in total. The average molecular weight is 299 g/mol. The van der Waals surface area contributed by atoms with E-state index in [0.717, 1.165) is 5.69 Å². The summed E-state index contributed by atoms with van der Waals surface area (Å²) >= 11 is 8.26. The Morgan fingerprint density at radius 2 is 2.06 bits per heavy atom. The van der Waals surface area contributed by atoms with Crippen LogP contribution in [0, 0.1) is 17.4 Å². The first-order valence-electron chi connectivity index (χ1n) is 4.59. The van der Waals surface area contributed by atoms with E-state index in [1.165, 1.54) is 12.1 Å². The van der Waals surface area contributed by atoms with Crippen LogP contribution in [0.15, 0.2) is 28.7 Å².